The lowest BCUT2D eigenvalue weighted by molar-refractivity contribution is -0.0585. The topological polar surface area (TPSA) is 42.4 Å². The Bertz CT molecular complexity index is 659. The number of nitrogens with zero attached hydrogens (tertiary/aromatic N) is 2. The summed E-state index contributed by atoms with van der Waals surface area (Å²) in [4.78, 5) is 20.0. The first-order valence-corrected chi connectivity index (χ1v) is 8.34. The largest absolute Gasteiger partial charge is 0.372 e. The highest BCUT2D eigenvalue weighted by molar-refractivity contribution is 7.17. The molecule has 0 spiro atoms. The molecular formula is C17H20N2O2S. The van der Waals surface area contributed by atoms with E-state index in [1.54, 1.807) is 0 Å². The average molecular weight is 316 g/mol. The fourth-order valence-electron chi connectivity index (χ4n) is 2.79. The minimum atomic E-state index is 0.0687. The number of benzene rings is 1. The minimum absolute atomic E-state index is 0.0687. The Morgan fingerprint density at radius 2 is 1.86 bits per heavy atom. The molecule has 1 aliphatic rings. The smallest absolute Gasteiger partial charge is 0.266 e. The first kappa shape index (κ1) is 15.2. The van der Waals surface area contributed by atoms with Crippen LogP contribution in [0.15, 0.2) is 30.3 Å². The Kier molecular flexibility index (Phi) is 4.27. The lowest BCUT2D eigenvalue weighted by Crippen LogP contribution is -2.48. The van der Waals surface area contributed by atoms with E-state index in [4.69, 9.17) is 4.74 Å². The van der Waals surface area contributed by atoms with Crippen molar-refractivity contribution in [2.24, 2.45) is 0 Å². The maximum Gasteiger partial charge on any atom is 0.266 e. The van der Waals surface area contributed by atoms with E-state index in [1.165, 1.54) is 11.3 Å². The maximum atomic E-state index is 12.8. The second-order valence-corrected chi connectivity index (χ2v) is 6.77. The van der Waals surface area contributed by atoms with Crippen LogP contribution in [-0.2, 0) is 4.74 Å². The van der Waals surface area contributed by atoms with Gasteiger partial charge in [0.05, 0.1) is 17.9 Å². The molecule has 0 saturated carbocycles. The first-order valence-electron chi connectivity index (χ1n) is 7.52. The van der Waals surface area contributed by atoms with Crippen LogP contribution in [0, 0.1) is 6.92 Å². The van der Waals surface area contributed by atoms with E-state index in [0.717, 1.165) is 21.1 Å². The predicted octanol–water partition coefficient (Wildman–Crippen LogP) is 3.37. The number of hydrogen-bond acceptors (Lipinski definition) is 4. The molecule has 0 unspecified atom stereocenters. The summed E-state index contributed by atoms with van der Waals surface area (Å²) in [6.45, 7) is 7.20. The summed E-state index contributed by atoms with van der Waals surface area (Å²) in [5.74, 6) is 0.0687. The zero-order chi connectivity index (χ0) is 15.7. The van der Waals surface area contributed by atoms with Crippen molar-refractivity contribution in [2.75, 3.05) is 13.1 Å². The second-order valence-electron chi connectivity index (χ2n) is 5.77. The number of ether oxygens (including phenoxy) is 1. The zero-order valence-corrected chi connectivity index (χ0v) is 13.9. The predicted molar refractivity (Wildman–Crippen MR) is 88.2 cm³/mol. The van der Waals surface area contributed by atoms with E-state index < -0.39 is 0 Å². The van der Waals surface area contributed by atoms with Gasteiger partial charge in [0.2, 0.25) is 0 Å². The SMILES string of the molecule is Cc1nc(-c2ccccc2)sc1C(=O)N1C[C@H](C)O[C@@H](C)C1. The highest BCUT2D eigenvalue weighted by atomic mass is 32.1. The van der Waals surface area contributed by atoms with Gasteiger partial charge in [0, 0.05) is 18.7 Å². The lowest BCUT2D eigenvalue weighted by atomic mass is 10.2. The highest BCUT2D eigenvalue weighted by Crippen LogP contribution is 2.29. The fourth-order valence-corrected chi connectivity index (χ4v) is 3.83. The molecule has 0 bridgehead atoms. The number of carbonyl (C=O) groups is 1. The Hall–Kier alpha value is -1.72. The molecule has 1 aromatic heterocycles. The summed E-state index contributed by atoms with van der Waals surface area (Å²) in [5.41, 5.74) is 1.86. The highest BCUT2D eigenvalue weighted by Gasteiger charge is 2.29. The number of hydrogen-bond donors (Lipinski definition) is 0. The van der Waals surface area contributed by atoms with E-state index in [2.05, 4.69) is 4.98 Å². The lowest BCUT2D eigenvalue weighted by Gasteiger charge is -2.35. The van der Waals surface area contributed by atoms with E-state index in [0.29, 0.717) is 13.1 Å². The van der Waals surface area contributed by atoms with Gasteiger partial charge < -0.3 is 9.64 Å². The summed E-state index contributed by atoms with van der Waals surface area (Å²) in [6, 6.07) is 9.99. The third-order valence-electron chi connectivity index (χ3n) is 3.72. The number of aromatic nitrogens is 1. The van der Waals surface area contributed by atoms with Crippen molar-refractivity contribution in [2.45, 2.75) is 33.0 Å². The summed E-state index contributed by atoms with van der Waals surface area (Å²) in [6.07, 6.45) is 0.157. The summed E-state index contributed by atoms with van der Waals surface area (Å²) < 4.78 is 5.70. The van der Waals surface area contributed by atoms with Gasteiger partial charge in [-0.25, -0.2) is 4.98 Å². The molecule has 1 aromatic carbocycles. The molecule has 4 nitrogen and oxygen atoms in total. The second kappa shape index (κ2) is 6.18. The molecule has 2 heterocycles. The Morgan fingerprint density at radius 3 is 2.50 bits per heavy atom. The van der Waals surface area contributed by atoms with Crippen LogP contribution in [0.1, 0.15) is 29.2 Å². The van der Waals surface area contributed by atoms with Crippen LogP contribution in [-0.4, -0.2) is 41.1 Å². The van der Waals surface area contributed by atoms with Crippen LogP contribution in [0.25, 0.3) is 10.6 Å². The van der Waals surface area contributed by atoms with Gasteiger partial charge in [0.15, 0.2) is 0 Å². The minimum Gasteiger partial charge on any atom is -0.372 e. The standard InChI is InChI=1S/C17H20N2O2S/c1-11-9-19(10-12(2)21-11)17(20)15-13(3)18-16(22-15)14-7-5-4-6-8-14/h4-8,11-12H,9-10H2,1-3H3/t11-,12-/m0/s1. The van der Waals surface area contributed by atoms with Gasteiger partial charge in [-0.3, -0.25) is 4.79 Å². The fraction of sp³-hybridized carbons (Fsp3) is 0.412. The number of aryl methyl sites for hydroxylation is 1. The van der Waals surface area contributed by atoms with Crippen LogP contribution in [0.4, 0.5) is 0 Å². The molecule has 0 aliphatic carbocycles. The summed E-state index contributed by atoms with van der Waals surface area (Å²) in [7, 11) is 0. The van der Waals surface area contributed by atoms with E-state index in [1.807, 2.05) is 56.0 Å². The summed E-state index contributed by atoms with van der Waals surface area (Å²) in [5, 5.41) is 0.899. The Labute approximate surface area is 134 Å². The van der Waals surface area contributed by atoms with Gasteiger partial charge in [0.1, 0.15) is 9.88 Å². The van der Waals surface area contributed by atoms with Crippen molar-refractivity contribution < 1.29 is 9.53 Å². The number of carbonyl (C=O) groups excluding carboxylic acids is 1. The van der Waals surface area contributed by atoms with Crippen molar-refractivity contribution in [3.63, 3.8) is 0 Å². The molecule has 1 fully saturated rings. The van der Waals surface area contributed by atoms with Crippen molar-refractivity contribution in [1.29, 1.82) is 0 Å². The molecule has 0 N–H and O–H groups in total. The molecule has 116 valence electrons. The number of thiazole rings is 1. The van der Waals surface area contributed by atoms with E-state index in [-0.39, 0.29) is 18.1 Å². The van der Waals surface area contributed by atoms with E-state index in [9.17, 15) is 4.79 Å². The Balaban J connectivity index is 1.86. The average Bonchev–Trinajstić information content (AvgIpc) is 2.88. The zero-order valence-electron chi connectivity index (χ0n) is 13.1. The van der Waals surface area contributed by atoms with Gasteiger partial charge in [-0.05, 0) is 20.8 Å². The van der Waals surface area contributed by atoms with Crippen LogP contribution < -0.4 is 0 Å². The van der Waals surface area contributed by atoms with Crippen molar-refractivity contribution in [3.05, 3.63) is 40.9 Å². The van der Waals surface area contributed by atoms with Gasteiger partial charge in [0.25, 0.3) is 5.91 Å². The molecule has 3 rings (SSSR count). The van der Waals surface area contributed by atoms with E-state index >= 15 is 0 Å². The number of morpholine rings is 1. The quantitative estimate of drug-likeness (QED) is 0.853. The molecule has 2 atom stereocenters. The first-order chi connectivity index (χ1) is 10.5. The molecular weight excluding hydrogens is 296 g/mol. The molecule has 22 heavy (non-hydrogen) atoms. The third-order valence-corrected chi connectivity index (χ3v) is 4.91. The number of rotatable bonds is 2. The molecule has 1 amide bonds. The molecule has 1 saturated heterocycles. The van der Waals surface area contributed by atoms with Gasteiger partial charge in [-0.1, -0.05) is 30.3 Å². The van der Waals surface area contributed by atoms with Crippen molar-refractivity contribution >= 4 is 17.2 Å². The van der Waals surface area contributed by atoms with Crippen LogP contribution in [0.3, 0.4) is 0 Å². The summed E-state index contributed by atoms with van der Waals surface area (Å²) >= 11 is 1.47. The van der Waals surface area contributed by atoms with Gasteiger partial charge in [-0.15, -0.1) is 11.3 Å². The monoisotopic (exact) mass is 316 g/mol. The van der Waals surface area contributed by atoms with Crippen molar-refractivity contribution in [1.82, 2.24) is 9.88 Å². The van der Waals surface area contributed by atoms with Crippen LogP contribution in [0.5, 0.6) is 0 Å². The normalized spacial score (nSPS) is 21.9. The molecule has 5 heteroatoms. The molecule has 0 radical (unpaired) electrons. The molecule has 1 aliphatic heterocycles. The van der Waals surface area contributed by atoms with Gasteiger partial charge >= 0.3 is 0 Å². The van der Waals surface area contributed by atoms with Crippen LogP contribution in [0.2, 0.25) is 0 Å². The maximum absolute atomic E-state index is 12.8. The number of amides is 1. The Morgan fingerprint density at radius 1 is 1.23 bits per heavy atom. The van der Waals surface area contributed by atoms with Crippen LogP contribution >= 0.6 is 11.3 Å². The van der Waals surface area contributed by atoms with Crippen molar-refractivity contribution in [3.8, 4) is 10.6 Å². The third kappa shape index (κ3) is 3.05. The van der Waals surface area contributed by atoms with Gasteiger partial charge in [-0.2, -0.15) is 0 Å². The molecule has 2 aromatic rings.